The zero-order valence-corrected chi connectivity index (χ0v) is 9.17. The maximum atomic E-state index is 4.16. The fourth-order valence-electron chi connectivity index (χ4n) is 1.28. The molecule has 0 aliphatic carbocycles. The Kier molecular flexibility index (Phi) is 3.42. The molecule has 0 saturated carbocycles. The molecule has 0 atom stereocenters. The molecule has 1 N–H and O–H groups in total. The standard InChI is InChI=1S/C10H14N6/c1-9-7-12-10(13-8-9)11-3-2-5-16-6-4-14-15-16/h4,6-8H,2-3,5H2,1H3,(H,11,12,13). The summed E-state index contributed by atoms with van der Waals surface area (Å²) in [4.78, 5) is 8.31. The van der Waals surface area contributed by atoms with Gasteiger partial charge in [-0.2, -0.15) is 0 Å². The van der Waals surface area contributed by atoms with E-state index in [1.165, 1.54) is 0 Å². The first kappa shape index (κ1) is 10.5. The van der Waals surface area contributed by atoms with Gasteiger partial charge in [0.05, 0.1) is 6.20 Å². The second-order valence-corrected chi connectivity index (χ2v) is 3.53. The van der Waals surface area contributed by atoms with E-state index in [1.54, 1.807) is 23.3 Å². The van der Waals surface area contributed by atoms with Gasteiger partial charge in [0.2, 0.25) is 5.95 Å². The number of hydrogen-bond donors (Lipinski definition) is 1. The zero-order valence-electron chi connectivity index (χ0n) is 9.17. The minimum Gasteiger partial charge on any atom is -0.354 e. The number of anilines is 1. The molecule has 0 radical (unpaired) electrons. The van der Waals surface area contributed by atoms with Crippen LogP contribution < -0.4 is 5.32 Å². The Labute approximate surface area is 93.7 Å². The van der Waals surface area contributed by atoms with E-state index < -0.39 is 0 Å². The molecule has 2 aromatic rings. The molecule has 2 rings (SSSR count). The summed E-state index contributed by atoms with van der Waals surface area (Å²) in [6.07, 6.45) is 8.08. The highest BCUT2D eigenvalue weighted by molar-refractivity contribution is 5.23. The van der Waals surface area contributed by atoms with E-state index in [4.69, 9.17) is 0 Å². The van der Waals surface area contributed by atoms with Gasteiger partial charge in [0.15, 0.2) is 0 Å². The van der Waals surface area contributed by atoms with Crippen molar-refractivity contribution in [2.75, 3.05) is 11.9 Å². The Morgan fingerprint density at radius 2 is 2.12 bits per heavy atom. The van der Waals surface area contributed by atoms with E-state index in [2.05, 4.69) is 25.6 Å². The molecule has 16 heavy (non-hydrogen) atoms. The normalized spacial score (nSPS) is 10.3. The van der Waals surface area contributed by atoms with Crippen LogP contribution in [0.25, 0.3) is 0 Å². The van der Waals surface area contributed by atoms with Crippen LogP contribution in [0.5, 0.6) is 0 Å². The minimum atomic E-state index is 0.671. The van der Waals surface area contributed by atoms with Gasteiger partial charge >= 0.3 is 0 Å². The number of aromatic nitrogens is 5. The second-order valence-electron chi connectivity index (χ2n) is 3.53. The van der Waals surface area contributed by atoms with Crippen LogP contribution in [-0.2, 0) is 6.54 Å². The molecule has 2 heterocycles. The van der Waals surface area contributed by atoms with E-state index >= 15 is 0 Å². The first-order chi connectivity index (χ1) is 7.84. The maximum Gasteiger partial charge on any atom is 0.222 e. The van der Waals surface area contributed by atoms with Gasteiger partial charge in [-0.1, -0.05) is 5.21 Å². The van der Waals surface area contributed by atoms with Crippen molar-refractivity contribution in [3.8, 4) is 0 Å². The van der Waals surface area contributed by atoms with Gasteiger partial charge < -0.3 is 5.32 Å². The molecule has 0 aliphatic rings. The third-order valence-electron chi connectivity index (χ3n) is 2.10. The summed E-state index contributed by atoms with van der Waals surface area (Å²) in [5.41, 5.74) is 1.06. The second kappa shape index (κ2) is 5.20. The predicted molar refractivity (Wildman–Crippen MR) is 59.9 cm³/mol. The van der Waals surface area contributed by atoms with Gasteiger partial charge in [-0.15, -0.1) is 5.10 Å². The Hall–Kier alpha value is -1.98. The molecule has 0 amide bonds. The predicted octanol–water partition coefficient (Wildman–Crippen LogP) is 0.879. The van der Waals surface area contributed by atoms with Crippen molar-refractivity contribution in [3.05, 3.63) is 30.4 Å². The number of rotatable bonds is 5. The minimum absolute atomic E-state index is 0.671. The summed E-state index contributed by atoms with van der Waals surface area (Å²) in [5, 5.41) is 10.8. The van der Waals surface area contributed by atoms with Crippen LogP contribution in [0, 0.1) is 6.92 Å². The number of nitrogens with zero attached hydrogens (tertiary/aromatic N) is 5. The van der Waals surface area contributed by atoms with Gasteiger partial charge in [-0.05, 0) is 18.9 Å². The molecule has 84 valence electrons. The number of nitrogens with one attached hydrogen (secondary N) is 1. The largest absolute Gasteiger partial charge is 0.354 e. The van der Waals surface area contributed by atoms with E-state index in [0.717, 1.165) is 25.1 Å². The van der Waals surface area contributed by atoms with Crippen molar-refractivity contribution < 1.29 is 0 Å². The molecule has 0 unspecified atom stereocenters. The lowest BCUT2D eigenvalue weighted by atomic mass is 10.4. The van der Waals surface area contributed by atoms with Crippen LogP contribution in [0.1, 0.15) is 12.0 Å². The molecule has 6 heteroatoms. The highest BCUT2D eigenvalue weighted by Crippen LogP contribution is 1.98. The van der Waals surface area contributed by atoms with Gasteiger partial charge in [0.1, 0.15) is 0 Å². The molecule has 0 aliphatic heterocycles. The quantitative estimate of drug-likeness (QED) is 0.754. The SMILES string of the molecule is Cc1cnc(NCCCn2ccnn2)nc1. The van der Waals surface area contributed by atoms with Crippen molar-refractivity contribution >= 4 is 5.95 Å². The fourth-order valence-corrected chi connectivity index (χ4v) is 1.28. The highest BCUT2D eigenvalue weighted by Gasteiger charge is 1.95. The van der Waals surface area contributed by atoms with Crippen LogP contribution in [0.15, 0.2) is 24.8 Å². The average molecular weight is 218 g/mol. The van der Waals surface area contributed by atoms with Gasteiger partial charge in [0.25, 0.3) is 0 Å². The fraction of sp³-hybridized carbons (Fsp3) is 0.400. The number of aryl methyl sites for hydroxylation is 2. The smallest absolute Gasteiger partial charge is 0.222 e. The lowest BCUT2D eigenvalue weighted by molar-refractivity contribution is 0.569. The number of hydrogen-bond acceptors (Lipinski definition) is 5. The summed E-state index contributed by atoms with van der Waals surface area (Å²) in [7, 11) is 0. The summed E-state index contributed by atoms with van der Waals surface area (Å²) in [6, 6.07) is 0. The summed E-state index contributed by atoms with van der Waals surface area (Å²) >= 11 is 0. The Morgan fingerprint density at radius 3 is 2.81 bits per heavy atom. The summed E-state index contributed by atoms with van der Waals surface area (Å²) in [5.74, 6) is 0.671. The molecule has 0 fully saturated rings. The van der Waals surface area contributed by atoms with Crippen LogP contribution >= 0.6 is 0 Å². The Balaban J connectivity index is 1.70. The third-order valence-corrected chi connectivity index (χ3v) is 2.10. The van der Waals surface area contributed by atoms with E-state index in [-0.39, 0.29) is 0 Å². The molecule has 0 saturated heterocycles. The van der Waals surface area contributed by atoms with E-state index in [9.17, 15) is 0 Å². The van der Waals surface area contributed by atoms with Crippen molar-refractivity contribution in [1.82, 2.24) is 25.0 Å². The Bertz CT molecular complexity index is 407. The van der Waals surface area contributed by atoms with E-state index in [1.807, 2.05) is 13.1 Å². The molecular formula is C10H14N6. The summed E-state index contributed by atoms with van der Waals surface area (Å²) < 4.78 is 1.80. The molecular weight excluding hydrogens is 204 g/mol. The molecule has 0 spiro atoms. The molecule has 2 aromatic heterocycles. The van der Waals surface area contributed by atoms with Crippen molar-refractivity contribution in [3.63, 3.8) is 0 Å². The monoisotopic (exact) mass is 218 g/mol. The first-order valence-electron chi connectivity index (χ1n) is 5.21. The van der Waals surface area contributed by atoms with Crippen LogP contribution in [0.3, 0.4) is 0 Å². The van der Waals surface area contributed by atoms with Crippen molar-refractivity contribution in [2.24, 2.45) is 0 Å². The lowest BCUT2D eigenvalue weighted by Crippen LogP contribution is -2.09. The topological polar surface area (TPSA) is 68.5 Å². The highest BCUT2D eigenvalue weighted by atomic mass is 15.4. The van der Waals surface area contributed by atoms with Gasteiger partial charge in [-0.3, -0.25) is 4.68 Å². The van der Waals surface area contributed by atoms with Crippen LogP contribution in [-0.4, -0.2) is 31.5 Å². The van der Waals surface area contributed by atoms with E-state index in [0.29, 0.717) is 5.95 Å². The zero-order chi connectivity index (χ0) is 11.2. The van der Waals surface area contributed by atoms with Crippen LogP contribution in [0.4, 0.5) is 5.95 Å². The summed E-state index contributed by atoms with van der Waals surface area (Å²) in [6.45, 7) is 3.64. The third kappa shape index (κ3) is 3.01. The Morgan fingerprint density at radius 1 is 1.31 bits per heavy atom. The van der Waals surface area contributed by atoms with Crippen LogP contribution in [0.2, 0.25) is 0 Å². The maximum absolute atomic E-state index is 4.16. The molecule has 0 aromatic carbocycles. The van der Waals surface area contributed by atoms with Gasteiger partial charge in [0, 0.05) is 31.7 Å². The van der Waals surface area contributed by atoms with Crippen molar-refractivity contribution in [2.45, 2.75) is 19.9 Å². The lowest BCUT2D eigenvalue weighted by Gasteiger charge is -2.04. The van der Waals surface area contributed by atoms with Crippen molar-refractivity contribution in [1.29, 1.82) is 0 Å². The molecule has 6 nitrogen and oxygen atoms in total. The first-order valence-corrected chi connectivity index (χ1v) is 5.21. The van der Waals surface area contributed by atoms with Gasteiger partial charge in [-0.25, -0.2) is 9.97 Å². The molecule has 0 bridgehead atoms. The average Bonchev–Trinajstić information content (AvgIpc) is 2.80.